The maximum Gasteiger partial charge on any atom is 0.218 e. The predicted octanol–water partition coefficient (Wildman–Crippen LogP) is 0.569. The lowest BCUT2D eigenvalue weighted by molar-refractivity contribution is 0.0288. The minimum absolute atomic E-state index is 0.227. The molecule has 0 spiro atoms. The average Bonchev–Trinajstić information content (AvgIpc) is 2.41. The molecule has 2 saturated heterocycles. The maximum absolute atomic E-state index is 12.5. The molecular weight excluding hydrogens is 252 g/mol. The van der Waals surface area contributed by atoms with Gasteiger partial charge in [-0.2, -0.15) is 0 Å². The zero-order valence-corrected chi connectivity index (χ0v) is 11.9. The maximum atomic E-state index is 12.5. The van der Waals surface area contributed by atoms with E-state index < -0.39 is 10.0 Å². The van der Waals surface area contributed by atoms with Crippen LogP contribution in [-0.4, -0.2) is 56.9 Å². The molecule has 2 aliphatic rings. The molecule has 2 rings (SSSR count). The highest BCUT2D eigenvalue weighted by Crippen LogP contribution is 2.22. The first kappa shape index (κ1) is 14.2. The molecule has 0 bridgehead atoms. The number of sulfonamides is 1. The van der Waals surface area contributed by atoms with Crippen LogP contribution in [0.25, 0.3) is 0 Å². The summed E-state index contributed by atoms with van der Waals surface area (Å²) in [5, 5.41) is 2.95. The van der Waals surface area contributed by atoms with Crippen molar-refractivity contribution in [3.8, 4) is 0 Å². The van der Waals surface area contributed by atoms with Gasteiger partial charge in [0.15, 0.2) is 0 Å². The highest BCUT2D eigenvalue weighted by atomic mass is 32.2. The van der Waals surface area contributed by atoms with Gasteiger partial charge < -0.3 is 10.1 Å². The van der Waals surface area contributed by atoms with Gasteiger partial charge in [-0.25, -0.2) is 12.7 Å². The summed E-state index contributed by atoms with van der Waals surface area (Å²) in [6, 6.07) is 0. The molecule has 0 radical (unpaired) electrons. The van der Waals surface area contributed by atoms with Crippen molar-refractivity contribution in [1.82, 2.24) is 9.62 Å². The summed E-state index contributed by atoms with van der Waals surface area (Å²) in [5.41, 5.74) is 0. The van der Waals surface area contributed by atoms with Crippen molar-refractivity contribution in [2.75, 3.05) is 32.8 Å². The first-order valence-corrected chi connectivity index (χ1v) is 8.46. The number of rotatable bonds is 4. The Hall–Kier alpha value is -0.170. The fourth-order valence-corrected chi connectivity index (χ4v) is 4.71. The number of nitrogens with one attached hydrogen (secondary N) is 1. The van der Waals surface area contributed by atoms with Crippen LogP contribution in [0.5, 0.6) is 0 Å². The summed E-state index contributed by atoms with van der Waals surface area (Å²) in [6.45, 7) is 5.47. The van der Waals surface area contributed by atoms with E-state index in [1.165, 1.54) is 0 Å². The van der Waals surface area contributed by atoms with Gasteiger partial charge in [-0.05, 0) is 39.2 Å². The summed E-state index contributed by atoms with van der Waals surface area (Å²) >= 11 is 0. The molecule has 0 aromatic rings. The molecule has 1 unspecified atom stereocenters. The number of ether oxygens (including phenoxy) is 1. The molecule has 0 aromatic carbocycles. The zero-order chi connectivity index (χ0) is 13.0. The molecule has 2 heterocycles. The molecule has 1 atom stereocenters. The molecule has 18 heavy (non-hydrogen) atoms. The Bertz CT molecular complexity index is 344. The standard InChI is InChI=1S/C12H24N2O3S/c1-2-17-11-5-8-14(9-6-11)18(15,16)12-4-3-7-13-10-12/h11-13H,2-10H2,1H3. The van der Waals surface area contributed by atoms with E-state index in [0.29, 0.717) is 26.2 Å². The van der Waals surface area contributed by atoms with Crippen LogP contribution in [0.2, 0.25) is 0 Å². The van der Waals surface area contributed by atoms with Crippen molar-refractivity contribution < 1.29 is 13.2 Å². The number of hydrogen-bond acceptors (Lipinski definition) is 4. The highest BCUT2D eigenvalue weighted by Gasteiger charge is 2.35. The fraction of sp³-hybridized carbons (Fsp3) is 1.00. The van der Waals surface area contributed by atoms with Crippen LogP contribution < -0.4 is 5.32 Å². The van der Waals surface area contributed by atoms with E-state index in [1.54, 1.807) is 4.31 Å². The quantitative estimate of drug-likeness (QED) is 0.815. The van der Waals surface area contributed by atoms with Crippen LogP contribution in [0, 0.1) is 0 Å². The van der Waals surface area contributed by atoms with Crippen molar-refractivity contribution >= 4 is 10.0 Å². The van der Waals surface area contributed by atoms with E-state index in [-0.39, 0.29) is 11.4 Å². The van der Waals surface area contributed by atoms with Gasteiger partial charge in [-0.15, -0.1) is 0 Å². The summed E-state index contributed by atoms with van der Waals surface area (Å²) in [6.07, 6.45) is 3.64. The summed E-state index contributed by atoms with van der Waals surface area (Å²) in [7, 11) is -3.11. The van der Waals surface area contributed by atoms with Gasteiger partial charge in [0.2, 0.25) is 10.0 Å². The lowest BCUT2D eigenvalue weighted by atomic mass is 10.1. The second-order valence-electron chi connectivity index (χ2n) is 5.07. The Kier molecular flexibility index (Phi) is 5.00. The van der Waals surface area contributed by atoms with Gasteiger partial charge in [0.25, 0.3) is 0 Å². The second-order valence-corrected chi connectivity index (χ2v) is 7.28. The lowest BCUT2D eigenvalue weighted by Gasteiger charge is -2.34. The van der Waals surface area contributed by atoms with Crippen LogP contribution in [0.15, 0.2) is 0 Å². The summed E-state index contributed by atoms with van der Waals surface area (Å²) in [5.74, 6) is 0. The van der Waals surface area contributed by atoms with Crippen LogP contribution in [-0.2, 0) is 14.8 Å². The van der Waals surface area contributed by atoms with E-state index in [9.17, 15) is 8.42 Å². The van der Waals surface area contributed by atoms with Crippen molar-refractivity contribution in [3.63, 3.8) is 0 Å². The van der Waals surface area contributed by atoms with E-state index >= 15 is 0 Å². The molecule has 6 heteroatoms. The van der Waals surface area contributed by atoms with Gasteiger partial charge in [0.05, 0.1) is 11.4 Å². The van der Waals surface area contributed by atoms with Gasteiger partial charge in [-0.1, -0.05) is 0 Å². The Labute approximate surface area is 110 Å². The van der Waals surface area contributed by atoms with Crippen molar-refractivity contribution in [1.29, 1.82) is 0 Å². The number of hydrogen-bond donors (Lipinski definition) is 1. The average molecular weight is 276 g/mol. The van der Waals surface area contributed by atoms with Crippen molar-refractivity contribution in [2.24, 2.45) is 0 Å². The third-order valence-corrected chi connectivity index (χ3v) is 6.17. The molecular formula is C12H24N2O3S. The minimum atomic E-state index is -3.11. The van der Waals surface area contributed by atoms with Crippen LogP contribution in [0.1, 0.15) is 32.6 Å². The highest BCUT2D eigenvalue weighted by molar-refractivity contribution is 7.89. The van der Waals surface area contributed by atoms with E-state index in [4.69, 9.17) is 4.74 Å². The normalized spacial score (nSPS) is 28.4. The van der Waals surface area contributed by atoms with Gasteiger partial charge in [0, 0.05) is 26.2 Å². The molecule has 0 aromatic heterocycles. The topological polar surface area (TPSA) is 58.6 Å². The zero-order valence-electron chi connectivity index (χ0n) is 11.1. The molecule has 1 N–H and O–H groups in total. The minimum Gasteiger partial charge on any atom is -0.378 e. The molecule has 0 amide bonds. The summed E-state index contributed by atoms with van der Waals surface area (Å²) in [4.78, 5) is 0. The Balaban J connectivity index is 1.91. The summed E-state index contributed by atoms with van der Waals surface area (Å²) < 4.78 is 32.1. The van der Waals surface area contributed by atoms with Gasteiger partial charge >= 0.3 is 0 Å². The van der Waals surface area contributed by atoms with Crippen molar-refractivity contribution in [2.45, 2.75) is 44.0 Å². The Morgan fingerprint density at radius 2 is 2.00 bits per heavy atom. The van der Waals surface area contributed by atoms with Crippen molar-refractivity contribution in [3.05, 3.63) is 0 Å². The van der Waals surface area contributed by atoms with Gasteiger partial charge in [-0.3, -0.25) is 0 Å². The Morgan fingerprint density at radius 1 is 1.28 bits per heavy atom. The van der Waals surface area contributed by atoms with Crippen LogP contribution >= 0.6 is 0 Å². The first-order valence-electron chi connectivity index (χ1n) is 6.96. The van der Waals surface area contributed by atoms with Gasteiger partial charge in [0.1, 0.15) is 0 Å². The number of piperidine rings is 2. The number of nitrogens with zero attached hydrogens (tertiary/aromatic N) is 1. The SMILES string of the molecule is CCOC1CCN(S(=O)(=O)C2CCCNC2)CC1. The molecule has 0 saturated carbocycles. The second kappa shape index (κ2) is 6.32. The molecule has 5 nitrogen and oxygen atoms in total. The third-order valence-electron chi connectivity index (χ3n) is 3.84. The monoisotopic (exact) mass is 276 g/mol. The first-order chi connectivity index (χ1) is 8.64. The van der Waals surface area contributed by atoms with E-state index in [0.717, 1.165) is 32.2 Å². The molecule has 2 aliphatic heterocycles. The molecule has 0 aliphatic carbocycles. The van der Waals surface area contributed by atoms with E-state index in [2.05, 4.69) is 5.32 Å². The Morgan fingerprint density at radius 3 is 2.56 bits per heavy atom. The molecule has 106 valence electrons. The predicted molar refractivity (Wildman–Crippen MR) is 71.0 cm³/mol. The lowest BCUT2D eigenvalue weighted by Crippen LogP contribution is -2.49. The fourth-order valence-electron chi connectivity index (χ4n) is 2.77. The smallest absolute Gasteiger partial charge is 0.218 e. The van der Waals surface area contributed by atoms with E-state index in [1.807, 2.05) is 6.92 Å². The van der Waals surface area contributed by atoms with Crippen LogP contribution in [0.4, 0.5) is 0 Å². The molecule has 2 fully saturated rings. The largest absolute Gasteiger partial charge is 0.378 e. The third kappa shape index (κ3) is 3.23. The van der Waals surface area contributed by atoms with Crippen LogP contribution in [0.3, 0.4) is 0 Å².